The maximum atomic E-state index is 12.8. The maximum absolute atomic E-state index is 12.8. The lowest BCUT2D eigenvalue weighted by atomic mass is 10.1. The van der Waals surface area contributed by atoms with Gasteiger partial charge in [0.1, 0.15) is 5.75 Å². The molecule has 1 amide bonds. The van der Waals surface area contributed by atoms with E-state index in [0.717, 1.165) is 16.7 Å². The van der Waals surface area contributed by atoms with Crippen LogP contribution in [-0.4, -0.2) is 23.0 Å². The van der Waals surface area contributed by atoms with Gasteiger partial charge in [-0.15, -0.1) is 11.3 Å². The van der Waals surface area contributed by atoms with Gasteiger partial charge >= 0.3 is 0 Å². The van der Waals surface area contributed by atoms with Gasteiger partial charge in [-0.1, -0.05) is 48.5 Å². The van der Waals surface area contributed by atoms with E-state index in [1.807, 2.05) is 53.9 Å². The van der Waals surface area contributed by atoms with Crippen LogP contribution in [0.25, 0.3) is 11.1 Å². The Labute approximate surface area is 139 Å². The number of aromatic hydroxyl groups is 1. The molecule has 116 valence electrons. The minimum atomic E-state index is -0.0397. The molecule has 0 aliphatic rings. The summed E-state index contributed by atoms with van der Waals surface area (Å²) in [6.07, 6.45) is 0. The van der Waals surface area contributed by atoms with Gasteiger partial charge in [0.05, 0.1) is 4.88 Å². The van der Waals surface area contributed by atoms with E-state index in [-0.39, 0.29) is 11.7 Å². The molecule has 1 N–H and O–H groups in total. The Hall–Kier alpha value is -2.59. The van der Waals surface area contributed by atoms with Crippen LogP contribution in [0.4, 0.5) is 0 Å². The van der Waals surface area contributed by atoms with E-state index in [0.29, 0.717) is 11.4 Å². The van der Waals surface area contributed by atoms with Crippen LogP contribution in [0.1, 0.15) is 15.2 Å². The third kappa shape index (κ3) is 3.27. The van der Waals surface area contributed by atoms with Crippen LogP contribution in [0.2, 0.25) is 0 Å². The first-order valence-electron chi connectivity index (χ1n) is 7.32. The molecule has 0 aliphatic carbocycles. The summed E-state index contributed by atoms with van der Waals surface area (Å²) in [7, 11) is 1.75. The quantitative estimate of drug-likeness (QED) is 0.773. The molecule has 1 heterocycles. The van der Waals surface area contributed by atoms with Crippen LogP contribution in [0.15, 0.2) is 66.0 Å². The van der Waals surface area contributed by atoms with E-state index in [4.69, 9.17) is 0 Å². The monoisotopic (exact) mass is 323 g/mol. The molecule has 1 aromatic heterocycles. The van der Waals surface area contributed by atoms with Crippen LogP contribution >= 0.6 is 11.3 Å². The molecular formula is C19H17NO2S. The number of phenols is 1. The molecule has 3 nitrogen and oxygen atoms in total. The average molecular weight is 323 g/mol. The number of para-hydroxylation sites is 1. The van der Waals surface area contributed by atoms with Gasteiger partial charge in [0.15, 0.2) is 0 Å². The highest BCUT2D eigenvalue weighted by Gasteiger charge is 2.19. The van der Waals surface area contributed by atoms with Crippen molar-refractivity contribution in [2.45, 2.75) is 6.54 Å². The number of benzene rings is 2. The van der Waals surface area contributed by atoms with Gasteiger partial charge in [-0.25, -0.2) is 0 Å². The fourth-order valence-corrected chi connectivity index (χ4v) is 3.37. The number of hydrogen-bond donors (Lipinski definition) is 1. The van der Waals surface area contributed by atoms with E-state index < -0.39 is 0 Å². The van der Waals surface area contributed by atoms with E-state index in [9.17, 15) is 9.90 Å². The minimum absolute atomic E-state index is 0.0397. The molecule has 2 aromatic carbocycles. The van der Waals surface area contributed by atoms with Crippen LogP contribution in [0, 0.1) is 0 Å². The van der Waals surface area contributed by atoms with Crippen molar-refractivity contribution in [2.75, 3.05) is 7.05 Å². The van der Waals surface area contributed by atoms with Gasteiger partial charge in [0, 0.05) is 24.7 Å². The summed E-state index contributed by atoms with van der Waals surface area (Å²) in [6, 6.07) is 19.0. The topological polar surface area (TPSA) is 40.5 Å². The fraction of sp³-hybridized carbons (Fsp3) is 0.105. The first kappa shape index (κ1) is 15.3. The van der Waals surface area contributed by atoms with Gasteiger partial charge in [0.2, 0.25) is 0 Å². The lowest BCUT2D eigenvalue weighted by Crippen LogP contribution is -2.25. The number of amides is 1. The Balaban J connectivity index is 1.84. The highest BCUT2D eigenvalue weighted by Crippen LogP contribution is 2.29. The van der Waals surface area contributed by atoms with Crippen molar-refractivity contribution in [3.05, 3.63) is 76.5 Å². The highest BCUT2D eigenvalue weighted by molar-refractivity contribution is 7.12. The van der Waals surface area contributed by atoms with E-state index in [2.05, 4.69) is 0 Å². The van der Waals surface area contributed by atoms with Crippen molar-refractivity contribution in [2.24, 2.45) is 0 Å². The first-order chi connectivity index (χ1) is 11.2. The second kappa shape index (κ2) is 6.67. The molecule has 4 heteroatoms. The molecule has 0 spiro atoms. The Morgan fingerprint density at radius 1 is 1.04 bits per heavy atom. The zero-order valence-electron chi connectivity index (χ0n) is 12.8. The number of nitrogens with zero attached hydrogens (tertiary/aromatic N) is 1. The molecule has 23 heavy (non-hydrogen) atoms. The van der Waals surface area contributed by atoms with Crippen LogP contribution in [0.5, 0.6) is 5.75 Å². The minimum Gasteiger partial charge on any atom is -0.508 e. The number of carbonyl (C=O) groups excluding carboxylic acids is 1. The number of hydrogen-bond acceptors (Lipinski definition) is 3. The molecule has 3 rings (SSSR count). The predicted molar refractivity (Wildman–Crippen MR) is 93.7 cm³/mol. The molecule has 0 bridgehead atoms. The summed E-state index contributed by atoms with van der Waals surface area (Å²) in [5, 5.41) is 11.8. The first-order valence-corrected chi connectivity index (χ1v) is 8.20. The summed E-state index contributed by atoms with van der Waals surface area (Å²) in [5.41, 5.74) is 2.72. The Morgan fingerprint density at radius 3 is 2.48 bits per heavy atom. The van der Waals surface area contributed by atoms with Crippen molar-refractivity contribution in [1.29, 1.82) is 0 Å². The van der Waals surface area contributed by atoms with E-state index in [1.54, 1.807) is 24.1 Å². The zero-order valence-corrected chi connectivity index (χ0v) is 13.6. The Morgan fingerprint density at radius 2 is 1.74 bits per heavy atom. The SMILES string of the molecule is CN(Cc1ccccc1O)C(=O)c1sccc1-c1ccccc1. The smallest absolute Gasteiger partial charge is 0.264 e. The molecule has 0 unspecified atom stereocenters. The number of rotatable bonds is 4. The van der Waals surface area contributed by atoms with Crippen molar-refractivity contribution >= 4 is 17.2 Å². The molecular weight excluding hydrogens is 306 g/mol. The lowest BCUT2D eigenvalue weighted by Gasteiger charge is -2.18. The molecule has 0 saturated heterocycles. The molecule has 3 aromatic rings. The highest BCUT2D eigenvalue weighted by atomic mass is 32.1. The number of phenolic OH excluding ortho intramolecular Hbond substituents is 1. The third-order valence-electron chi connectivity index (χ3n) is 3.69. The van der Waals surface area contributed by atoms with Crippen molar-refractivity contribution in [3.8, 4) is 16.9 Å². The standard InChI is InChI=1S/C19H17NO2S/c1-20(13-15-9-5-6-10-17(15)21)19(22)18-16(11-12-23-18)14-7-3-2-4-8-14/h2-12,21H,13H2,1H3. The predicted octanol–water partition coefficient (Wildman–Crippen LogP) is 4.39. The van der Waals surface area contributed by atoms with Crippen molar-refractivity contribution in [3.63, 3.8) is 0 Å². The largest absolute Gasteiger partial charge is 0.508 e. The van der Waals surface area contributed by atoms with E-state index in [1.165, 1.54) is 11.3 Å². The van der Waals surface area contributed by atoms with Crippen LogP contribution in [0.3, 0.4) is 0 Å². The normalized spacial score (nSPS) is 10.5. The van der Waals surface area contributed by atoms with Crippen molar-refractivity contribution < 1.29 is 9.90 Å². The fourth-order valence-electron chi connectivity index (χ4n) is 2.47. The zero-order chi connectivity index (χ0) is 16.2. The Kier molecular flexibility index (Phi) is 4.44. The third-order valence-corrected chi connectivity index (χ3v) is 4.59. The number of thiophene rings is 1. The molecule has 0 radical (unpaired) electrons. The second-order valence-electron chi connectivity index (χ2n) is 5.32. The van der Waals surface area contributed by atoms with Gasteiger partial charge in [-0.2, -0.15) is 0 Å². The maximum Gasteiger partial charge on any atom is 0.264 e. The molecule has 0 fully saturated rings. The van der Waals surface area contributed by atoms with Gasteiger partial charge < -0.3 is 10.0 Å². The number of carbonyl (C=O) groups is 1. The Bertz CT molecular complexity index is 811. The molecule has 0 atom stereocenters. The van der Waals surface area contributed by atoms with Crippen LogP contribution < -0.4 is 0 Å². The lowest BCUT2D eigenvalue weighted by molar-refractivity contribution is 0.0790. The molecule has 0 aliphatic heterocycles. The van der Waals surface area contributed by atoms with Crippen molar-refractivity contribution in [1.82, 2.24) is 4.90 Å². The summed E-state index contributed by atoms with van der Waals surface area (Å²) < 4.78 is 0. The summed E-state index contributed by atoms with van der Waals surface area (Å²) in [4.78, 5) is 15.1. The summed E-state index contributed by atoms with van der Waals surface area (Å²) >= 11 is 1.44. The summed E-state index contributed by atoms with van der Waals surface area (Å²) in [5.74, 6) is 0.170. The summed E-state index contributed by atoms with van der Waals surface area (Å²) in [6.45, 7) is 0.373. The van der Waals surface area contributed by atoms with E-state index >= 15 is 0 Å². The van der Waals surface area contributed by atoms with Gasteiger partial charge in [0.25, 0.3) is 5.91 Å². The second-order valence-corrected chi connectivity index (χ2v) is 6.24. The van der Waals surface area contributed by atoms with Gasteiger partial charge in [-0.3, -0.25) is 4.79 Å². The van der Waals surface area contributed by atoms with Crippen LogP contribution in [-0.2, 0) is 6.54 Å². The average Bonchev–Trinajstić information content (AvgIpc) is 3.06. The molecule has 0 saturated carbocycles. The van der Waals surface area contributed by atoms with Gasteiger partial charge in [-0.05, 0) is 23.1 Å².